The number of para-hydroxylation sites is 2. The topological polar surface area (TPSA) is 127 Å². The summed E-state index contributed by atoms with van der Waals surface area (Å²) in [6.45, 7) is 0. The van der Waals surface area contributed by atoms with E-state index in [1.165, 1.54) is 48.5 Å². The number of nitrogens with zero attached hydrogens (tertiary/aromatic N) is 2. The van der Waals surface area contributed by atoms with Crippen LogP contribution in [0.1, 0.15) is 0 Å². The number of hydrogen-bond acceptors (Lipinski definition) is 6. The average Bonchev–Trinajstić information content (AvgIpc) is 2.40. The van der Waals surface area contributed by atoms with Gasteiger partial charge in [0.05, 0.1) is 9.85 Å². The Kier molecular flexibility index (Phi) is 7.99. The van der Waals surface area contributed by atoms with Crippen molar-refractivity contribution < 1.29 is 20.1 Å². The van der Waals surface area contributed by atoms with Crippen LogP contribution in [0.4, 0.5) is 11.4 Å². The summed E-state index contributed by atoms with van der Waals surface area (Å²) in [6, 6.07) is 10.6. The van der Waals surface area contributed by atoms with Crippen molar-refractivity contribution in [2.45, 2.75) is 0 Å². The molecule has 2 aromatic rings. The molecule has 0 amide bonds. The molecule has 0 saturated carbocycles. The van der Waals surface area contributed by atoms with Gasteiger partial charge >= 0.3 is 35.2 Å². The van der Waals surface area contributed by atoms with Crippen molar-refractivity contribution >= 4 is 40.9 Å². The van der Waals surface area contributed by atoms with Gasteiger partial charge in [-0.3, -0.25) is 20.2 Å². The number of nitro groups is 2. The van der Waals surface area contributed by atoms with Gasteiger partial charge in [0.25, 0.3) is 5.69 Å². The van der Waals surface area contributed by atoms with Crippen LogP contribution in [0, 0.1) is 20.2 Å². The molecular weight excluding hydrogens is 291 g/mol. The molecule has 2 rings (SSSR count). The van der Waals surface area contributed by atoms with Crippen LogP contribution in [0.15, 0.2) is 48.5 Å². The maximum atomic E-state index is 10.1. The Balaban J connectivity index is 0.000000364. The Morgan fingerprint density at radius 3 is 1.71 bits per heavy atom. The second-order valence-corrected chi connectivity index (χ2v) is 3.52. The van der Waals surface area contributed by atoms with Gasteiger partial charge in [-0.1, -0.05) is 12.1 Å². The summed E-state index contributed by atoms with van der Waals surface area (Å²) in [4.78, 5) is 19.0. The summed E-state index contributed by atoms with van der Waals surface area (Å²) < 4.78 is 0. The van der Waals surface area contributed by atoms with E-state index in [1.54, 1.807) is 0 Å². The summed E-state index contributed by atoms with van der Waals surface area (Å²) in [5, 5.41) is 37.7. The quantitative estimate of drug-likeness (QED) is 0.496. The molecule has 0 fully saturated rings. The van der Waals surface area contributed by atoms with E-state index in [0.717, 1.165) is 0 Å². The van der Waals surface area contributed by atoms with Crippen molar-refractivity contribution in [2.75, 3.05) is 0 Å². The molecule has 106 valence electrons. The van der Waals surface area contributed by atoms with Crippen molar-refractivity contribution in [3.8, 4) is 11.5 Å². The molecule has 0 aliphatic heterocycles. The molecular formula is C12H11N2NaO6. The molecule has 0 aromatic heterocycles. The molecule has 0 radical (unpaired) electrons. The predicted molar refractivity (Wildman–Crippen MR) is 76.7 cm³/mol. The molecule has 0 bridgehead atoms. The monoisotopic (exact) mass is 302 g/mol. The molecule has 2 aromatic carbocycles. The third-order valence-electron chi connectivity index (χ3n) is 2.14. The molecule has 0 aliphatic rings. The van der Waals surface area contributed by atoms with Crippen LogP contribution in [-0.2, 0) is 0 Å². The molecule has 0 unspecified atom stereocenters. The van der Waals surface area contributed by atoms with Crippen molar-refractivity contribution in [3.05, 3.63) is 68.8 Å². The molecule has 0 aliphatic carbocycles. The van der Waals surface area contributed by atoms with Gasteiger partial charge in [0.15, 0.2) is 5.75 Å². The molecule has 9 heteroatoms. The molecule has 21 heavy (non-hydrogen) atoms. The van der Waals surface area contributed by atoms with Gasteiger partial charge in [-0.2, -0.15) is 0 Å². The SMILES string of the molecule is O=[N+]([O-])c1ccc(O)cc1.O=[N+]([O-])c1ccccc1O.[NaH]. The van der Waals surface area contributed by atoms with E-state index in [4.69, 9.17) is 10.2 Å². The number of hydrogen-bond donors (Lipinski definition) is 2. The minimum absolute atomic E-state index is 0. The predicted octanol–water partition coefficient (Wildman–Crippen LogP) is 1.95. The minimum atomic E-state index is -0.630. The number of phenols is 2. The van der Waals surface area contributed by atoms with E-state index in [0.29, 0.717) is 0 Å². The summed E-state index contributed by atoms with van der Waals surface area (Å²) in [5.74, 6) is -0.266. The number of phenolic OH excluding ortho intramolecular Hbond substituents is 2. The Labute approximate surface area is 141 Å². The third-order valence-corrected chi connectivity index (χ3v) is 2.14. The van der Waals surface area contributed by atoms with Gasteiger partial charge in [0.1, 0.15) is 5.75 Å². The summed E-state index contributed by atoms with van der Waals surface area (Å²) in [6.07, 6.45) is 0. The first-order chi connectivity index (χ1) is 9.41. The zero-order valence-electron chi connectivity index (χ0n) is 10.0. The fraction of sp³-hybridized carbons (Fsp3) is 0. The van der Waals surface area contributed by atoms with Crippen LogP contribution in [-0.4, -0.2) is 49.6 Å². The fourth-order valence-electron chi connectivity index (χ4n) is 1.19. The maximum absolute atomic E-state index is 10.1. The Morgan fingerprint density at radius 1 is 0.810 bits per heavy atom. The molecule has 2 N–H and O–H groups in total. The number of rotatable bonds is 2. The summed E-state index contributed by atoms with van der Waals surface area (Å²) in [5.41, 5.74) is -0.277. The normalized spacial score (nSPS) is 8.76. The van der Waals surface area contributed by atoms with Crippen molar-refractivity contribution in [1.29, 1.82) is 0 Å². The molecule has 8 nitrogen and oxygen atoms in total. The summed E-state index contributed by atoms with van der Waals surface area (Å²) >= 11 is 0. The standard InChI is InChI=1S/2C6H5NO3.Na.H/c8-6-3-1-5(2-4-6)7(9)10;8-6-4-2-1-3-5(6)7(9)10;;/h2*1-4,8H;;. The molecule has 0 heterocycles. The first-order valence-corrected chi connectivity index (χ1v) is 5.27. The Bertz CT molecular complexity index is 617. The number of benzene rings is 2. The molecule has 0 saturated heterocycles. The zero-order chi connectivity index (χ0) is 15.1. The van der Waals surface area contributed by atoms with E-state index in [9.17, 15) is 20.2 Å². The van der Waals surface area contributed by atoms with Gasteiger partial charge in [-0.05, 0) is 18.2 Å². The third kappa shape index (κ3) is 6.21. The van der Waals surface area contributed by atoms with E-state index in [2.05, 4.69) is 0 Å². The number of aromatic hydroxyl groups is 2. The average molecular weight is 302 g/mol. The van der Waals surface area contributed by atoms with E-state index in [-0.39, 0.29) is 52.4 Å². The van der Waals surface area contributed by atoms with Gasteiger partial charge in [0, 0.05) is 18.2 Å². The second-order valence-electron chi connectivity index (χ2n) is 3.52. The number of nitro benzene ring substituents is 2. The van der Waals surface area contributed by atoms with Gasteiger partial charge in [-0.25, -0.2) is 0 Å². The first kappa shape index (κ1) is 18.8. The molecule has 0 spiro atoms. The van der Waals surface area contributed by atoms with Gasteiger partial charge in [-0.15, -0.1) is 0 Å². The summed E-state index contributed by atoms with van der Waals surface area (Å²) in [7, 11) is 0. The van der Waals surface area contributed by atoms with Crippen molar-refractivity contribution in [3.63, 3.8) is 0 Å². The zero-order valence-corrected chi connectivity index (χ0v) is 10.0. The van der Waals surface area contributed by atoms with Gasteiger partial charge < -0.3 is 10.2 Å². The second kappa shape index (κ2) is 8.90. The van der Waals surface area contributed by atoms with Crippen LogP contribution in [0.5, 0.6) is 11.5 Å². The van der Waals surface area contributed by atoms with Crippen molar-refractivity contribution in [2.24, 2.45) is 0 Å². The van der Waals surface area contributed by atoms with Crippen LogP contribution < -0.4 is 0 Å². The van der Waals surface area contributed by atoms with Crippen molar-refractivity contribution in [1.82, 2.24) is 0 Å². The van der Waals surface area contributed by atoms with E-state index < -0.39 is 9.85 Å². The van der Waals surface area contributed by atoms with Crippen LogP contribution in [0.25, 0.3) is 0 Å². The molecule has 0 atom stereocenters. The van der Waals surface area contributed by atoms with Crippen LogP contribution in [0.3, 0.4) is 0 Å². The van der Waals surface area contributed by atoms with Gasteiger partial charge in [0.2, 0.25) is 0 Å². The van der Waals surface area contributed by atoms with Crippen LogP contribution in [0.2, 0.25) is 0 Å². The van der Waals surface area contributed by atoms with E-state index >= 15 is 0 Å². The Hall–Kier alpha value is -2.16. The van der Waals surface area contributed by atoms with E-state index in [1.807, 2.05) is 0 Å². The Morgan fingerprint density at radius 2 is 1.33 bits per heavy atom. The fourth-order valence-corrected chi connectivity index (χ4v) is 1.19. The van der Waals surface area contributed by atoms with Crippen LogP contribution >= 0.6 is 0 Å². The first-order valence-electron chi connectivity index (χ1n) is 5.27. The number of non-ortho nitro benzene ring substituents is 1.